The van der Waals surface area contributed by atoms with Crippen molar-refractivity contribution < 1.29 is 9.53 Å². The largest absolute Gasteiger partial charge is 0.444 e. The number of piperidine rings is 1. The van der Waals surface area contributed by atoms with Crippen molar-refractivity contribution in [1.29, 1.82) is 0 Å². The normalized spacial score (nSPS) is 17.3. The number of hydrogen-bond acceptors (Lipinski definition) is 5. The fourth-order valence-electron chi connectivity index (χ4n) is 3.33. The molecular weight excluding hydrogens is 513 g/mol. The second-order valence-corrected chi connectivity index (χ2v) is 9.58. The zero-order chi connectivity index (χ0) is 21.3. The zero-order valence-corrected chi connectivity index (χ0v) is 22.1. The van der Waals surface area contributed by atoms with Crippen LogP contribution in [0.5, 0.6) is 0 Å². The predicted octanol–water partition coefficient (Wildman–Crippen LogP) is 4.20. The molecule has 0 aliphatic carbocycles. The Labute approximate surface area is 202 Å². The molecule has 1 aromatic heterocycles. The van der Waals surface area contributed by atoms with Crippen LogP contribution in [0.3, 0.4) is 0 Å². The Bertz CT molecular complexity index is 675. The minimum absolute atomic E-state index is 0. The summed E-state index contributed by atoms with van der Waals surface area (Å²) in [5, 5.41) is 9.91. The van der Waals surface area contributed by atoms with Gasteiger partial charge in [0.25, 0.3) is 0 Å². The van der Waals surface area contributed by atoms with Gasteiger partial charge in [0.2, 0.25) is 0 Å². The number of hydrogen-bond donors (Lipinski definition) is 2. The minimum atomic E-state index is -0.446. The van der Waals surface area contributed by atoms with Crippen LogP contribution in [0.15, 0.2) is 10.4 Å². The number of likely N-dealkylation sites (tertiary alicyclic amines) is 1. The molecule has 2 N–H and O–H groups in total. The second kappa shape index (κ2) is 13.3. The van der Waals surface area contributed by atoms with E-state index in [9.17, 15) is 4.79 Å². The van der Waals surface area contributed by atoms with Gasteiger partial charge in [0, 0.05) is 44.5 Å². The first-order valence-electron chi connectivity index (χ1n) is 10.7. The van der Waals surface area contributed by atoms with Gasteiger partial charge >= 0.3 is 6.09 Å². The van der Waals surface area contributed by atoms with Crippen molar-refractivity contribution >= 4 is 47.4 Å². The molecule has 1 unspecified atom stereocenters. The number of nitrogens with one attached hydrogen (secondary N) is 2. The molecule has 0 radical (unpaired) electrons. The highest BCUT2D eigenvalue weighted by molar-refractivity contribution is 14.0. The first-order chi connectivity index (χ1) is 13.8. The zero-order valence-electron chi connectivity index (χ0n) is 19.0. The van der Waals surface area contributed by atoms with Crippen LogP contribution < -0.4 is 10.6 Å². The highest BCUT2D eigenvalue weighted by atomic mass is 127. The Morgan fingerprint density at radius 3 is 2.80 bits per heavy atom. The summed E-state index contributed by atoms with van der Waals surface area (Å²) >= 11 is 1.69. The molecule has 2 heterocycles. The molecule has 0 saturated carbocycles. The lowest BCUT2D eigenvalue weighted by atomic mass is 9.95. The number of carbonyl (C=O) groups excluding carboxylic acids is 1. The van der Waals surface area contributed by atoms with Crippen molar-refractivity contribution in [2.75, 3.05) is 32.7 Å². The van der Waals surface area contributed by atoms with E-state index in [4.69, 9.17) is 9.73 Å². The van der Waals surface area contributed by atoms with Crippen molar-refractivity contribution in [3.05, 3.63) is 16.1 Å². The molecule has 0 spiro atoms. The number of carbonyl (C=O) groups is 1. The quantitative estimate of drug-likeness (QED) is 0.302. The van der Waals surface area contributed by atoms with Crippen LogP contribution in [0.2, 0.25) is 0 Å². The third-order valence-corrected chi connectivity index (χ3v) is 5.48. The van der Waals surface area contributed by atoms with Gasteiger partial charge in [-0.2, -0.15) is 0 Å². The standard InChI is InChI=1S/C21H37N5O2S.HI/c1-6-22-19(24-12-10-18-15-29-16(2)25-18)23-11-9-17-8-7-13-26(14-17)20(27)28-21(3,4)5;/h15,17H,6-14H2,1-5H3,(H2,22,23,24);1H. The Hall–Kier alpha value is -1.10. The number of amides is 1. The lowest BCUT2D eigenvalue weighted by Gasteiger charge is -2.34. The summed E-state index contributed by atoms with van der Waals surface area (Å²) in [5.41, 5.74) is 0.679. The van der Waals surface area contributed by atoms with E-state index >= 15 is 0 Å². The van der Waals surface area contributed by atoms with Gasteiger partial charge in [0.1, 0.15) is 5.60 Å². The van der Waals surface area contributed by atoms with E-state index in [1.165, 1.54) is 0 Å². The Morgan fingerprint density at radius 2 is 2.17 bits per heavy atom. The number of aliphatic imine (C=N–C) groups is 1. The molecule has 30 heavy (non-hydrogen) atoms. The van der Waals surface area contributed by atoms with E-state index in [2.05, 4.69) is 27.9 Å². The molecule has 172 valence electrons. The lowest BCUT2D eigenvalue weighted by molar-refractivity contribution is 0.0163. The molecule has 0 aromatic carbocycles. The maximum atomic E-state index is 12.3. The molecule has 2 rings (SSSR count). The van der Waals surface area contributed by atoms with E-state index in [1.807, 2.05) is 32.6 Å². The SMILES string of the molecule is CCNC(=NCCC1CCCN(C(=O)OC(C)(C)C)C1)NCCc1csc(C)n1.I. The number of halogens is 1. The van der Waals surface area contributed by atoms with Gasteiger partial charge in [0.15, 0.2) is 5.96 Å². The Kier molecular flexibility index (Phi) is 12.0. The monoisotopic (exact) mass is 551 g/mol. The van der Waals surface area contributed by atoms with Crippen LogP contribution in [0.25, 0.3) is 0 Å². The van der Waals surface area contributed by atoms with Crippen molar-refractivity contribution in [1.82, 2.24) is 20.5 Å². The average Bonchev–Trinajstić information content (AvgIpc) is 3.06. The van der Waals surface area contributed by atoms with Crippen molar-refractivity contribution in [2.24, 2.45) is 10.9 Å². The van der Waals surface area contributed by atoms with Crippen LogP contribution in [0, 0.1) is 12.8 Å². The highest BCUT2D eigenvalue weighted by Gasteiger charge is 2.27. The molecule has 1 atom stereocenters. The highest BCUT2D eigenvalue weighted by Crippen LogP contribution is 2.21. The number of aryl methyl sites for hydroxylation is 1. The average molecular weight is 552 g/mol. The van der Waals surface area contributed by atoms with Crippen molar-refractivity contribution in [3.8, 4) is 0 Å². The van der Waals surface area contributed by atoms with Gasteiger partial charge in [0.05, 0.1) is 10.7 Å². The summed E-state index contributed by atoms with van der Waals surface area (Å²) < 4.78 is 5.52. The van der Waals surface area contributed by atoms with Crippen LogP contribution in [-0.2, 0) is 11.2 Å². The summed E-state index contributed by atoms with van der Waals surface area (Å²) in [6.07, 6.45) is 3.84. The van der Waals surface area contributed by atoms with Gasteiger partial charge in [-0.1, -0.05) is 0 Å². The number of ether oxygens (including phenoxy) is 1. The number of rotatable bonds is 7. The molecule has 9 heteroatoms. The summed E-state index contributed by atoms with van der Waals surface area (Å²) in [6.45, 7) is 13.8. The topological polar surface area (TPSA) is 78.9 Å². The molecule has 1 fully saturated rings. The summed E-state index contributed by atoms with van der Waals surface area (Å²) in [6, 6.07) is 0. The number of nitrogens with zero attached hydrogens (tertiary/aromatic N) is 3. The smallest absolute Gasteiger partial charge is 0.410 e. The lowest BCUT2D eigenvalue weighted by Crippen LogP contribution is -2.43. The van der Waals surface area contributed by atoms with Crippen LogP contribution in [0.1, 0.15) is 57.7 Å². The first-order valence-corrected chi connectivity index (χ1v) is 11.6. The molecular formula is C21H38IN5O2S. The van der Waals surface area contributed by atoms with Gasteiger partial charge in [-0.3, -0.25) is 4.99 Å². The van der Waals surface area contributed by atoms with E-state index in [1.54, 1.807) is 11.3 Å². The van der Waals surface area contributed by atoms with Crippen molar-refractivity contribution in [2.45, 2.75) is 65.9 Å². The molecule has 1 aliphatic heterocycles. The Morgan fingerprint density at radius 1 is 1.40 bits per heavy atom. The first kappa shape index (κ1) is 26.9. The molecule has 1 saturated heterocycles. The maximum Gasteiger partial charge on any atom is 0.410 e. The number of guanidine groups is 1. The maximum absolute atomic E-state index is 12.3. The minimum Gasteiger partial charge on any atom is -0.444 e. The molecule has 1 aromatic rings. The third kappa shape index (κ3) is 10.3. The number of aromatic nitrogens is 1. The summed E-state index contributed by atoms with van der Waals surface area (Å²) in [4.78, 5) is 23.4. The van der Waals surface area contributed by atoms with Gasteiger partial charge in [-0.15, -0.1) is 35.3 Å². The van der Waals surface area contributed by atoms with E-state index < -0.39 is 5.60 Å². The van der Waals surface area contributed by atoms with Crippen LogP contribution in [-0.4, -0.2) is 60.3 Å². The Balaban J connectivity index is 0.00000450. The van der Waals surface area contributed by atoms with Gasteiger partial charge < -0.3 is 20.3 Å². The summed E-state index contributed by atoms with van der Waals surface area (Å²) in [5.74, 6) is 1.32. The molecule has 1 amide bonds. The van der Waals surface area contributed by atoms with E-state index in [-0.39, 0.29) is 30.1 Å². The molecule has 7 nitrogen and oxygen atoms in total. The van der Waals surface area contributed by atoms with Crippen molar-refractivity contribution in [3.63, 3.8) is 0 Å². The van der Waals surface area contributed by atoms with Crippen LogP contribution in [0.4, 0.5) is 4.79 Å². The fourth-order valence-corrected chi connectivity index (χ4v) is 3.97. The second-order valence-electron chi connectivity index (χ2n) is 8.52. The van der Waals surface area contributed by atoms with Gasteiger partial charge in [-0.25, -0.2) is 9.78 Å². The van der Waals surface area contributed by atoms with Crippen LogP contribution >= 0.6 is 35.3 Å². The summed E-state index contributed by atoms with van der Waals surface area (Å²) in [7, 11) is 0. The van der Waals surface area contributed by atoms with Gasteiger partial charge in [-0.05, 0) is 59.8 Å². The van der Waals surface area contributed by atoms with E-state index in [0.29, 0.717) is 5.92 Å². The predicted molar refractivity (Wildman–Crippen MR) is 135 cm³/mol. The molecule has 1 aliphatic rings. The van der Waals surface area contributed by atoms with E-state index in [0.717, 1.165) is 75.1 Å². The third-order valence-electron chi connectivity index (χ3n) is 4.66. The molecule has 0 bridgehead atoms. The number of thiazole rings is 1. The fraction of sp³-hybridized carbons (Fsp3) is 0.762.